The SMILES string of the molecule is CC(C)(CBr)NC(=O)c1c(F)cccc1Br. The first-order valence-electron chi connectivity index (χ1n) is 4.70. The lowest BCUT2D eigenvalue weighted by Gasteiger charge is -2.23. The molecule has 1 N–H and O–H groups in total. The summed E-state index contributed by atoms with van der Waals surface area (Å²) in [6, 6.07) is 4.45. The molecule has 1 amide bonds. The van der Waals surface area contributed by atoms with Gasteiger partial charge in [-0.15, -0.1) is 0 Å². The topological polar surface area (TPSA) is 29.1 Å². The van der Waals surface area contributed by atoms with Crippen molar-refractivity contribution in [2.75, 3.05) is 5.33 Å². The van der Waals surface area contributed by atoms with Crippen molar-refractivity contribution in [2.24, 2.45) is 0 Å². The molecule has 0 aliphatic carbocycles. The van der Waals surface area contributed by atoms with Crippen molar-refractivity contribution in [3.63, 3.8) is 0 Å². The van der Waals surface area contributed by atoms with Crippen LogP contribution in [0.4, 0.5) is 4.39 Å². The summed E-state index contributed by atoms with van der Waals surface area (Å²) in [5.74, 6) is -0.952. The molecular formula is C11H12Br2FNO. The van der Waals surface area contributed by atoms with Gasteiger partial charge in [-0.3, -0.25) is 4.79 Å². The molecule has 5 heteroatoms. The molecule has 1 aromatic carbocycles. The molecular weight excluding hydrogens is 341 g/mol. The number of alkyl halides is 1. The Balaban J connectivity index is 2.98. The van der Waals surface area contributed by atoms with Gasteiger partial charge in [-0.2, -0.15) is 0 Å². The lowest BCUT2D eigenvalue weighted by atomic mass is 10.1. The zero-order valence-corrected chi connectivity index (χ0v) is 12.2. The van der Waals surface area contributed by atoms with E-state index in [1.54, 1.807) is 12.1 Å². The van der Waals surface area contributed by atoms with Gasteiger partial charge in [0.05, 0.1) is 5.56 Å². The van der Waals surface area contributed by atoms with E-state index in [0.29, 0.717) is 9.80 Å². The summed E-state index contributed by atoms with van der Waals surface area (Å²) in [5, 5.41) is 3.34. The molecule has 0 radical (unpaired) electrons. The van der Waals surface area contributed by atoms with Gasteiger partial charge in [-0.1, -0.05) is 22.0 Å². The zero-order valence-electron chi connectivity index (χ0n) is 8.98. The van der Waals surface area contributed by atoms with Gasteiger partial charge in [-0.25, -0.2) is 4.39 Å². The molecule has 1 rings (SSSR count). The van der Waals surface area contributed by atoms with E-state index in [2.05, 4.69) is 37.2 Å². The molecule has 0 fully saturated rings. The predicted octanol–water partition coefficient (Wildman–Crippen LogP) is 3.49. The molecule has 0 saturated carbocycles. The van der Waals surface area contributed by atoms with E-state index >= 15 is 0 Å². The second kappa shape index (κ2) is 5.27. The first kappa shape index (κ1) is 13.6. The molecule has 0 spiro atoms. The third kappa shape index (κ3) is 3.28. The summed E-state index contributed by atoms with van der Waals surface area (Å²) in [7, 11) is 0. The van der Waals surface area contributed by atoms with E-state index in [4.69, 9.17) is 0 Å². The Hall–Kier alpha value is -0.420. The molecule has 88 valence electrons. The summed E-state index contributed by atoms with van der Waals surface area (Å²) in [6.45, 7) is 3.71. The van der Waals surface area contributed by atoms with Crippen molar-refractivity contribution in [1.29, 1.82) is 0 Å². The quantitative estimate of drug-likeness (QED) is 0.829. The highest BCUT2D eigenvalue weighted by molar-refractivity contribution is 9.10. The molecule has 0 aliphatic rings. The van der Waals surface area contributed by atoms with Crippen LogP contribution in [0.15, 0.2) is 22.7 Å². The maximum absolute atomic E-state index is 13.5. The summed E-state index contributed by atoms with van der Waals surface area (Å²) >= 11 is 6.45. The first-order chi connectivity index (χ1) is 7.37. The van der Waals surface area contributed by atoms with Crippen LogP contribution >= 0.6 is 31.9 Å². The Bertz CT molecular complexity index is 387. The van der Waals surface area contributed by atoms with E-state index < -0.39 is 17.3 Å². The van der Waals surface area contributed by atoms with Crippen LogP contribution < -0.4 is 5.32 Å². The maximum atomic E-state index is 13.5. The number of halogens is 3. The van der Waals surface area contributed by atoms with Crippen LogP contribution in [0.25, 0.3) is 0 Å². The highest BCUT2D eigenvalue weighted by Gasteiger charge is 2.23. The van der Waals surface area contributed by atoms with E-state index in [0.717, 1.165) is 0 Å². The van der Waals surface area contributed by atoms with Gasteiger partial charge in [0.15, 0.2) is 0 Å². The van der Waals surface area contributed by atoms with Crippen molar-refractivity contribution in [1.82, 2.24) is 5.32 Å². The normalized spacial score (nSPS) is 11.3. The predicted molar refractivity (Wildman–Crippen MR) is 69.4 cm³/mol. The lowest BCUT2D eigenvalue weighted by Crippen LogP contribution is -2.45. The Morgan fingerprint density at radius 3 is 2.62 bits per heavy atom. The number of carbonyl (C=O) groups excluding carboxylic acids is 1. The zero-order chi connectivity index (χ0) is 12.3. The fourth-order valence-electron chi connectivity index (χ4n) is 1.12. The van der Waals surface area contributed by atoms with Crippen LogP contribution in [0, 0.1) is 5.82 Å². The third-order valence-electron chi connectivity index (χ3n) is 1.98. The number of rotatable bonds is 3. The Kier molecular flexibility index (Phi) is 4.50. The average molecular weight is 353 g/mol. The number of benzene rings is 1. The fourth-order valence-corrected chi connectivity index (χ4v) is 1.78. The highest BCUT2D eigenvalue weighted by Crippen LogP contribution is 2.20. The van der Waals surface area contributed by atoms with Gasteiger partial charge < -0.3 is 5.32 Å². The van der Waals surface area contributed by atoms with Crippen LogP contribution in [0.3, 0.4) is 0 Å². The Morgan fingerprint density at radius 1 is 1.50 bits per heavy atom. The Labute approximate surface area is 111 Å². The van der Waals surface area contributed by atoms with Gasteiger partial charge >= 0.3 is 0 Å². The van der Waals surface area contributed by atoms with E-state index in [1.165, 1.54) is 6.07 Å². The standard InChI is InChI=1S/C11H12Br2FNO/c1-11(2,6-12)15-10(16)9-7(13)4-3-5-8(9)14/h3-5H,6H2,1-2H3,(H,15,16). The van der Waals surface area contributed by atoms with Crippen LogP contribution in [-0.4, -0.2) is 16.8 Å². The third-order valence-corrected chi connectivity index (χ3v) is 4.04. The molecule has 1 aromatic rings. The number of hydrogen-bond acceptors (Lipinski definition) is 1. The van der Waals surface area contributed by atoms with Crippen LogP contribution in [0.5, 0.6) is 0 Å². The van der Waals surface area contributed by atoms with Crippen LogP contribution in [0.1, 0.15) is 24.2 Å². The largest absolute Gasteiger partial charge is 0.346 e. The van der Waals surface area contributed by atoms with Gasteiger partial charge in [0.25, 0.3) is 5.91 Å². The molecule has 16 heavy (non-hydrogen) atoms. The molecule has 0 saturated heterocycles. The van der Waals surface area contributed by atoms with Crippen molar-refractivity contribution in [3.8, 4) is 0 Å². The molecule has 0 atom stereocenters. The van der Waals surface area contributed by atoms with Crippen molar-refractivity contribution in [3.05, 3.63) is 34.1 Å². The lowest BCUT2D eigenvalue weighted by molar-refractivity contribution is 0.0916. The molecule has 2 nitrogen and oxygen atoms in total. The molecule has 0 bridgehead atoms. The van der Waals surface area contributed by atoms with E-state index in [-0.39, 0.29) is 5.56 Å². The second-order valence-electron chi connectivity index (χ2n) is 4.07. The number of nitrogens with one attached hydrogen (secondary N) is 1. The maximum Gasteiger partial charge on any atom is 0.255 e. The van der Waals surface area contributed by atoms with Crippen molar-refractivity contribution >= 4 is 37.8 Å². The number of carbonyl (C=O) groups is 1. The number of amides is 1. The molecule has 0 unspecified atom stereocenters. The Morgan fingerprint density at radius 2 is 2.12 bits per heavy atom. The fraction of sp³-hybridized carbons (Fsp3) is 0.364. The van der Waals surface area contributed by atoms with E-state index in [9.17, 15) is 9.18 Å². The van der Waals surface area contributed by atoms with Crippen LogP contribution in [-0.2, 0) is 0 Å². The monoisotopic (exact) mass is 351 g/mol. The van der Waals surface area contributed by atoms with Gasteiger partial charge in [0.2, 0.25) is 0 Å². The smallest absolute Gasteiger partial charge is 0.255 e. The average Bonchev–Trinajstić information content (AvgIpc) is 2.16. The van der Waals surface area contributed by atoms with Gasteiger partial charge in [-0.05, 0) is 41.9 Å². The van der Waals surface area contributed by atoms with Crippen molar-refractivity contribution in [2.45, 2.75) is 19.4 Å². The van der Waals surface area contributed by atoms with Gasteiger partial charge in [0.1, 0.15) is 5.82 Å². The van der Waals surface area contributed by atoms with Crippen molar-refractivity contribution < 1.29 is 9.18 Å². The minimum atomic E-state index is -0.530. The molecule has 0 aliphatic heterocycles. The first-order valence-corrected chi connectivity index (χ1v) is 6.61. The summed E-state index contributed by atoms with van der Waals surface area (Å²) in [5.41, 5.74) is -0.379. The highest BCUT2D eigenvalue weighted by atomic mass is 79.9. The summed E-state index contributed by atoms with van der Waals surface area (Å²) in [4.78, 5) is 11.9. The van der Waals surface area contributed by atoms with E-state index in [1.807, 2.05) is 13.8 Å². The summed E-state index contributed by atoms with van der Waals surface area (Å²) < 4.78 is 13.9. The minimum absolute atomic E-state index is 0.0384. The summed E-state index contributed by atoms with van der Waals surface area (Å²) in [6.07, 6.45) is 0. The van der Waals surface area contributed by atoms with Gasteiger partial charge in [0, 0.05) is 15.3 Å². The number of hydrogen-bond donors (Lipinski definition) is 1. The minimum Gasteiger partial charge on any atom is -0.346 e. The molecule has 0 aromatic heterocycles. The second-order valence-corrected chi connectivity index (χ2v) is 5.48. The van der Waals surface area contributed by atoms with Crippen LogP contribution in [0.2, 0.25) is 0 Å². The molecule has 0 heterocycles.